The standard InChI is InChI=1S/C7H12NO2P/c9-5-8-6-1-3-7(10-11)4-2-6/h6-7H,1-4,11H2. The Morgan fingerprint density at radius 1 is 1.36 bits per heavy atom. The summed E-state index contributed by atoms with van der Waals surface area (Å²) in [6.07, 6.45) is 5.85. The molecule has 1 unspecified atom stereocenters. The van der Waals surface area contributed by atoms with E-state index in [2.05, 4.69) is 14.5 Å². The van der Waals surface area contributed by atoms with Crippen molar-refractivity contribution in [3.63, 3.8) is 0 Å². The number of hydrogen-bond donors (Lipinski definition) is 0. The molecule has 0 aliphatic heterocycles. The molecule has 0 radical (unpaired) electrons. The predicted octanol–water partition coefficient (Wildman–Crippen LogP) is 1.44. The topological polar surface area (TPSA) is 38.7 Å². The van der Waals surface area contributed by atoms with Crippen LogP contribution in [0.25, 0.3) is 0 Å². The van der Waals surface area contributed by atoms with Crippen LogP contribution >= 0.6 is 9.47 Å². The van der Waals surface area contributed by atoms with Crippen molar-refractivity contribution in [1.29, 1.82) is 0 Å². The minimum atomic E-state index is 0.198. The lowest BCUT2D eigenvalue weighted by molar-refractivity contribution is 0.174. The quantitative estimate of drug-likeness (QED) is 0.360. The van der Waals surface area contributed by atoms with Crippen LogP contribution in [-0.4, -0.2) is 18.2 Å². The fourth-order valence-corrected chi connectivity index (χ4v) is 1.66. The van der Waals surface area contributed by atoms with Gasteiger partial charge >= 0.3 is 0 Å². The number of isocyanates is 1. The summed E-state index contributed by atoms with van der Waals surface area (Å²) in [5, 5.41) is 0. The maximum Gasteiger partial charge on any atom is 0.235 e. The van der Waals surface area contributed by atoms with Gasteiger partial charge in [-0.3, -0.25) is 0 Å². The Balaban J connectivity index is 2.29. The van der Waals surface area contributed by atoms with E-state index in [0.717, 1.165) is 25.7 Å². The van der Waals surface area contributed by atoms with Crippen LogP contribution in [0.5, 0.6) is 0 Å². The molecule has 0 aromatic carbocycles. The molecule has 0 heterocycles. The Morgan fingerprint density at radius 2 is 2.00 bits per heavy atom. The second-order valence-electron chi connectivity index (χ2n) is 2.79. The lowest BCUT2D eigenvalue weighted by Gasteiger charge is -2.23. The monoisotopic (exact) mass is 173 g/mol. The van der Waals surface area contributed by atoms with Crippen molar-refractivity contribution >= 4 is 15.5 Å². The molecular weight excluding hydrogens is 161 g/mol. The van der Waals surface area contributed by atoms with Crippen molar-refractivity contribution in [1.82, 2.24) is 0 Å². The molecule has 1 rings (SSSR count). The van der Waals surface area contributed by atoms with Gasteiger partial charge in [-0.05, 0) is 25.7 Å². The Bertz CT molecular complexity index is 160. The van der Waals surface area contributed by atoms with Crippen LogP contribution in [0.1, 0.15) is 25.7 Å². The average molecular weight is 173 g/mol. The van der Waals surface area contributed by atoms with Crippen LogP contribution in [0.4, 0.5) is 0 Å². The second kappa shape index (κ2) is 4.61. The number of hydrogen-bond acceptors (Lipinski definition) is 3. The van der Waals surface area contributed by atoms with Gasteiger partial charge in [0.1, 0.15) is 0 Å². The lowest BCUT2D eigenvalue weighted by atomic mass is 9.94. The van der Waals surface area contributed by atoms with E-state index in [4.69, 9.17) is 4.52 Å². The van der Waals surface area contributed by atoms with Crippen LogP contribution in [0, 0.1) is 0 Å². The molecule has 1 saturated carbocycles. The van der Waals surface area contributed by atoms with Crippen molar-refractivity contribution < 1.29 is 9.32 Å². The number of carbonyl (C=O) groups excluding carboxylic acids is 1. The number of rotatable bonds is 2. The van der Waals surface area contributed by atoms with E-state index >= 15 is 0 Å². The molecule has 0 bridgehead atoms. The molecule has 1 atom stereocenters. The van der Waals surface area contributed by atoms with Crippen LogP contribution in [0.15, 0.2) is 4.99 Å². The summed E-state index contributed by atoms with van der Waals surface area (Å²) >= 11 is 0. The normalized spacial score (nSPS) is 31.0. The smallest absolute Gasteiger partial charge is 0.235 e. The minimum absolute atomic E-state index is 0.198. The zero-order valence-electron chi connectivity index (χ0n) is 6.32. The molecule has 62 valence electrons. The fourth-order valence-electron chi connectivity index (χ4n) is 1.38. The van der Waals surface area contributed by atoms with Crippen molar-refractivity contribution in [3.05, 3.63) is 0 Å². The molecule has 4 heteroatoms. The first kappa shape index (κ1) is 8.86. The van der Waals surface area contributed by atoms with Crippen LogP contribution in [-0.2, 0) is 9.32 Å². The van der Waals surface area contributed by atoms with Gasteiger partial charge in [-0.1, -0.05) is 0 Å². The van der Waals surface area contributed by atoms with E-state index in [0.29, 0.717) is 6.10 Å². The highest BCUT2D eigenvalue weighted by Crippen LogP contribution is 2.24. The van der Waals surface area contributed by atoms with E-state index < -0.39 is 0 Å². The predicted molar refractivity (Wildman–Crippen MR) is 45.0 cm³/mol. The zero-order chi connectivity index (χ0) is 8.10. The Morgan fingerprint density at radius 3 is 2.45 bits per heavy atom. The van der Waals surface area contributed by atoms with Crippen molar-refractivity contribution in [2.45, 2.75) is 37.8 Å². The van der Waals surface area contributed by atoms with E-state index in [-0.39, 0.29) is 6.04 Å². The molecule has 0 aromatic rings. The van der Waals surface area contributed by atoms with Crippen LogP contribution in [0.3, 0.4) is 0 Å². The third kappa shape index (κ3) is 2.70. The van der Waals surface area contributed by atoms with Gasteiger partial charge in [0.15, 0.2) is 0 Å². The van der Waals surface area contributed by atoms with Gasteiger partial charge in [0.05, 0.1) is 12.1 Å². The van der Waals surface area contributed by atoms with E-state index in [9.17, 15) is 4.79 Å². The molecule has 0 aromatic heterocycles. The van der Waals surface area contributed by atoms with Gasteiger partial charge in [0.25, 0.3) is 0 Å². The van der Waals surface area contributed by atoms with Crippen LogP contribution < -0.4 is 0 Å². The van der Waals surface area contributed by atoms with Gasteiger partial charge in [0.2, 0.25) is 6.08 Å². The summed E-state index contributed by atoms with van der Waals surface area (Å²) < 4.78 is 5.09. The third-order valence-electron chi connectivity index (χ3n) is 2.07. The highest BCUT2D eigenvalue weighted by atomic mass is 31.0. The highest BCUT2D eigenvalue weighted by molar-refractivity contribution is 7.09. The van der Waals surface area contributed by atoms with Crippen LogP contribution in [0.2, 0.25) is 0 Å². The largest absolute Gasteiger partial charge is 0.362 e. The number of nitrogens with zero attached hydrogens (tertiary/aromatic N) is 1. The zero-order valence-corrected chi connectivity index (χ0v) is 7.48. The van der Waals surface area contributed by atoms with Gasteiger partial charge < -0.3 is 4.52 Å². The molecule has 3 nitrogen and oxygen atoms in total. The van der Waals surface area contributed by atoms with E-state index in [1.807, 2.05) is 0 Å². The van der Waals surface area contributed by atoms with Crippen molar-refractivity contribution in [2.75, 3.05) is 0 Å². The summed E-state index contributed by atoms with van der Waals surface area (Å²) in [5.41, 5.74) is 0. The third-order valence-corrected chi connectivity index (χ3v) is 2.46. The molecule has 0 amide bonds. The highest BCUT2D eigenvalue weighted by Gasteiger charge is 2.19. The summed E-state index contributed by atoms with van der Waals surface area (Å²) in [6, 6.07) is 0.198. The number of aliphatic imine (C=N–C) groups is 1. The molecule has 11 heavy (non-hydrogen) atoms. The molecule has 0 spiro atoms. The van der Waals surface area contributed by atoms with Gasteiger partial charge in [-0.2, -0.15) is 0 Å². The summed E-state index contributed by atoms with van der Waals surface area (Å²) in [5.74, 6) is 0. The Hall–Kier alpha value is -0.230. The molecule has 1 aliphatic rings. The second-order valence-corrected chi connectivity index (χ2v) is 3.06. The van der Waals surface area contributed by atoms with E-state index in [1.54, 1.807) is 6.08 Å². The first-order chi connectivity index (χ1) is 5.36. The average Bonchev–Trinajstić information content (AvgIpc) is 2.07. The van der Waals surface area contributed by atoms with Crippen molar-refractivity contribution in [3.8, 4) is 0 Å². The summed E-state index contributed by atoms with van der Waals surface area (Å²) in [4.78, 5) is 13.6. The Kier molecular flexibility index (Phi) is 3.71. The fraction of sp³-hybridized carbons (Fsp3) is 0.857. The van der Waals surface area contributed by atoms with Gasteiger partial charge in [-0.25, -0.2) is 9.79 Å². The van der Waals surface area contributed by atoms with Gasteiger partial charge in [0, 0.05) is 9.47 Å². The SMILES string of the molecule is O=C=NC1CCC(OP)CC1. The molecule has 0 saturated heterocycles. The minimum Gasteiger partial charge on any atom is -0.362 e. The Labute approximate surface area is 68.5 Å². The first-order valence-corrected chi connectivity index (χ1v) is 4.26. The lowest BCUT2D eigenvalue weighted by Crippen LogP contribution is -2.20. The van der Waals surface area contributed by atoms with Gasteiger partial charge in [-0.15, -0.1) is 0 Å². The molecule has 0 N–H and O–H groups in total. The molecule has 1 aliphatic carbocycles. The summed E-state index contributed by atoms with van der Waals surface area (Å²) in [6.45, 7) is 0. The van der Waals surface area contributed by atoms with E-state index in [1.165, 1.54) is 0 Å². The molecule has 1 fully saturated rings. The van der Waals surface area contributed by atoms with Crippen molar-refractivity contribution in [2.24, 2.45) is 4.99 Å². The molecular formula is C7H12NO2P. The summed E-state index contributed by atoms with van der Waals surface area (Å²) in [7, 11) is 2.28. The maximum atomic E-state index is 9.90. The first-order valence-electron chi connectivity index (χ1n) is 3.79. The maximum absolute atomic E-state index is 9.90.